The van der Waals surface area contributed by atoms with Crippen molar-refractivity contribution in [1.82, 2.24) is 15.2 Å². The Morgan fingerprint density at radius 1 is 1.19 bits per heavy atom. The maximum absolute atomic E-state index is 12.3. The molecule has 2 aromatic rings. The molecule has 0 saturated carbocycles. The summed E-state index contributed by atoms with van der Waals surface area (Å²) in [4.78, 5) is 21.1. The minimum absolute atomic E-state index is 0.102. The number of aromatic nitrogens is 1. The van der Waals surface area contributed by atoms with Gasteiger partial charge in [0.1, 0.15) is 0 Å². The van der Waals surface area contributed by atoms with E-state index < -0.39 is 0 Å². The molecule has 1 saturated heterocycles. The Balaban J connectivity index is 1.42. The number of aryl methyl sites for hydroxylation is 1. The number of rotatable bonds is 6. The van der Waals surface area contributed by atoms with Gasteiger partial charge in [0.2, 0.25) is 5.91 Å². The first kappa shape index (κ1) is 18.4. The molecule has 0 aliphatic carbocycles. The molecule has 1 aromatic carbocycles. The SMILES string of the molecule is Cc1cccc(N2CCN(CC(=O)NC(C)Cc3cccnc3)CC2)c1. The molecule has 1 aliphatic heterocycles. The number of nitrogens with one attached hydrogen (secondary N) is 1. The van der Waals surface area contributed by atoms with Gasteiger partial charge in [-0.2, -0.15) is 0 Å². The summed E-state index contributed by atoms with van der Waals surface area (Å²) in [7, 11) is 0. The van der Waals surface area contributed by atoms with Crippen LogP contribution < -0.4 is 10.2 Å². The number of hydrogen-bond donors (Lipinski definition) is 1. The highest BCUT2D eigenvalue weighted by atomic mass is 16.2. The molecule has 0 radical (unpaired) electrons. The smallest absolute Gasteiger partial charge is 0.234 e. The van der Waals surface area contributed by atoms with Crippen molar-refractivity contribution < 1.29 is 4.79 Å². The van der Waals surface area contributed by atoms with Crippen LogP contribution in [0.3, 0.4) is 0 Å². The number of carbonyl (C=O) groups excluding carboxylic acids is 1. The van der Waals surface area contributed by atoms with Gasteiger partial charge in [0.25, 0.3) is 0 Å². The third kappa shape index (κ3) is 5.30. The Labute approximate surface area is 156 Å². The second kappa shape index (κ2) is 8.81. The summed E-state index contributed by atoms with van der Waals surface area (Å²) in [5, 5.41) is 3.10. The molecule has 1 fully saturated rings. The van der Waals surface area contributed by atoms with Crippen LogP contribution in [0.15, 0.2) is 48.8 Å². The Bertz CT molecular complexity index is 711. The van der Waals surface area contributed by atoms with Gasteiger partial charge in [-0.05, 0) is 49.6 Å². The molecule has 1 aromatic heterocycles. The fourth-order valence-corrected chi connectivity index (χ4v) is 3.44. The lowest BCUT2D eigenvalue weighted by Gasteiger charge is -2.36. The minimum Gasteiger partial charge on any atom is -0.369 e. The van der Waals surface area contributed by atoms with Crippen molar-refractivity contribution in [1.29, 1.82) is 0 Å². The molecule has 3 rings (SSSR count). The summed E-state index contributed by atoms with van der Waals surface area (Å²) >= 11 is 0. The summed E-state index contributed by atoms with van der Waals surface area (Å²) in [6.45, 7) is 8.39. The first-order chi connectivity index (χ1) is 12.6. The molecule has 0 spiro atoms. The number of hydrogen-bond acceptors (Lipinski definition) is 4. The van der Waals surface area contributed by atoms with Crippen LogP contribution in [0.5, 0.6) is 0 Å². The summed E-state index contributed by atoms with van der Waals surface area (Å²) in [5.41, 5.74) is 3.71. The molecule has 5 nitrogen and oxygen atoms in total. The lowest BCUT2D eigenvalue weighted by Crippen LogP contribution is -2.50. The predicted molar refractivity (Wildman–Crippen MR) is 105 cm³/mol. The van der Waals surface area contributed by atoms with Gasteiger partial charge in [0.15, 0.2) is 0 Å². The summed E-state index contributed by atoms with van der Waals surface area (Å²) < 4.78 is 0. The summed E-state index contributed by atoms with van der Waals surface area (Å²) in [6, 6.07) is 12.7. The molecule has 1 N–H and O–H groups in total. The standard InChI is InChI=1S/C21H28N4O/c1-17-5-3-7-20(13-17)25-11-9-24(10-12-25)16-21(26)23-18(2)14-19-6-4-8-22-15-19/h3-8,13,15,18H,9-12,14,16H2,1-2H3,(H,23,26). The van der Waals surface area contributed by atoms with Crippen molar-refractivity contribution >= 4 is 11.6 Å². The number of piperazine rings is 1. The van der Waals surface area contributed by atoms with Gasteiger partial charge in [0.05, 0.1) is 6.54 Å². The number of benzene rings is 1. The van der Waals surface area contributed by atoms with Gasteiger partial charge in [-0.25, -0.2) is 0 Å². The molecular formula is C21H28N4O. The highest BCUT2D eigenvalue weighted by molar-refractivity contribution is 5.78. The maximum atomic E-state index is 12.3. The molecule has 5 heteroatoms. The third-order valence-electron chi connectivity index (χ3n) is 4.78. The quantitative estimate of drug-likeness (QED) is 0.866. The van der Waals surface area contributed by atoms with Gasteiger partial charge in [0, 0.05) is 50.3 Å². The van der Waals surface area contributed by atoms with Crippen molar-refractivity contribution in [3.63, 3.8) is 0 Å². The van der Waals surface area contributed by atoms with Crippen LogP contribution in [-0.2, 0) is 11.2 Å². The largest absolute Gasteiger partial charge is 0.369 e. The van der Waals surface area contributed by atoms with E-state index in [0.29, 0.717) is 6.54 Å². The fourth-order valence-electron chi connectivity index (χ4n) is 3.44. The Kier molecular flexibility index (Phi) is 6.23. The zero-order chi connectivity index (χ0) is 18.4. The molecule has 0 bridgehead atoms. The second-order valence-corrected chi connectivity index (χ2v) is 7.14. The lowest BCUT2D eigenvalue weighted by molar-refractivity contribution is -0.122. The highest BCUT2D eigenvalue weighted by Crippen LogP contribution is 2.17. The van der Waals surface area contributed by atoms with E-state index in [1.165, 1.54) is 11.3 Å². The maximum Gasteiger partial charge on any atom is 0.234 e. The minimum atomic E-state index is 0.102. The Morgan fingerprint density at radius 2 is 2.00 bits per heavy atom. The first-order valence-corrected chi connectivity index (χ1v) is 9.32. The van der Waals surface area contributed by atoms with Crippen LogP contribution in [0.25, 0.3) is 0 Å². The third-order valence-corrected chi connectivity index (χ3v) is 4.78. The average molecular weight is 352 g/mol. The number of amides is 1. The van der Waals surface area contributed by atoms with E-state index in [0.717, 1.165) is 38.2 Å². The molecule has 1 unspecified atom stereocenters. The van der Waals surface area contributed by atoms with Crippen LogP contribution in [0.1, 0.15) is 18.1 Å². The Morgan fingerprint density at radius 3 is 2.69 bits per heavy atom. The van der Waals surface area contributed by atoms with E-state index in [9.17, 15) is 4.79 Å². The topological polar surface area (TPSA) is 48.5 Å². The summed E-state index contributed by atoms with van der Waals surface area (Å²) in [6.07, 6.45) is 4.43. The number of nitrogens with zero attached hydrogens (tertiary/aromatic N) is 3. The van der Waals surface area contributed by atoms with Gasteiger partial charge in [-0.1, -0.05) is 18.2 Å². The number of pyridine rings is 1. The highest BCUT2D eigenvalue weighted by Gasteiger charge is 2.20. The van der Waals surface area contributed by atoms with Crippen LogP contribution in [0.2, 0.25) is 0 Å². The number of anilines is 1. The van der Waals surface area contributed by atoms with Crippen molar-refractivity contribution in [3.8, 4) is 0 Å². The van der Waals surface area contributed by atoms with E-state index >= 15 is 0 Å². The normalized spacial score (nSPS) is 16.3. The number of carbonyl (C=O) groups is 1. The van der Waals surface area contributed by atoms with E-state index in [1.54, 1.807) is 6.20 Å². The molecule has 2 heterocycles. The van der Waals surface area contributed by atoms with Crippen LogP contribution in [0.4, 0.5) is 5.69 Å². The average Bonchev–Trinajstić information content (AvgIpc) is 2.63. The predicted octanol–water partition coefficient (Wildman–Crippen LogP) is 2.26. The first-order valence-electron chi connectivity index (χ1n) is 9.32. The second-order valence-electron chi connectivity index (χ2n) is 7.14. The molecule has 1 aliphatic rings. The molecule has 1 atom stereocenters. The zero-order valence-electron chi connectivity index (χ0n) is 15.7. The van der Waals surface area contributed by atoms with Gasteiger partial charge < -0.3 is 10.2 Å². The lowest BCUT2D eigenvalue weighted by atomic mass is 10.1. The van der Waals surface area contributed by atoms with Crippen molar-refractivity contribution in [3.05, 3.63) is 59.9 Å². The molecule has 1 amide bonds. The molecule has 138 valence electrons. The zero-order valence-corrected chi connectivity index (χ0v) is 15.7. The molecule has 26 heavy (non-hydrogen) atoms. The van der Waals surface area contributed by atoms with E-state index in [2.05, 4.69) is 51.3 Å². The van der Waals surface area contributed by atoms with Crippen LogP contribution in [-0.4, -0.2) is 54.6 Å². The monoisotopic (exact) mass is 352 g/mol. The van der Waals surface area contributed by atoms with E-state index in [1.807, 2.05) is 25.3 Å². The Hall–Kier alpha value is -2.40. The van der Waals surface area contributed by atoms with Gasteiger partial charge in [-0.15, -0.1) is 0 Å². The van der Waals surface area contributed by atoms with Gasteiger partial charge >= 0.3 is 0 Å². The van der Waals surface area contributed by atoms with Crippen molar-refractivity contribution in [2.45, 2.75) is 26.3 Å². The van der Waals surface area contributed by atoms with Gasteiger partial charge in [-0.3, -0.25) is 14.7 Å². The van der Waals surface area contributed by atoms with Crippen LogP contribution >= 0.6 is 0 Å². The molecular weight excluding hydrogens is 324 g/mol. The fraction of sp³-hybridized carbons (Fsp3) is 0.429. The van der Waals surface area contributed by atoms with E-state index in [-0.39, 0.29) is 11.9 Å². The van der Waals surface area contributed by atoms with Crippen molar-refractivity contribution in [2.24, 2.45) is 0 Å². The summed E-state index contributed by atoms with van der Waals surface area (Å²) in [5.74, 6) is 0.102. The van der Waals surface area contributed by atoms with E-state index in [4.69, 9.17) is 0 Å². The van der Waals surface area contributed by atoms with Crippen LogP contribution in [0, 0.1) is 6.92 Å². The van der Waals surface area contributed by atoms with Crippen molar-refractivity contribution in [2.75, 3.05) is 37.6 Å².